The third-order valence-corrected chi connectivity index (χ3v) is 8.02. The van der Waals surface area contributed by atoms with Gasteiger partial charge in [0, 0.05) is 49.2 Å². The minimum Gasteiger partial charge on any atom is -0.322 e. The van der Waals surface area contributed by atoms with Gasteiger partial charge in [0.15, 0.2) is 0 Å². The SMILES string of the molecule is CCCN1CCN(S(=O)(=O)c2ccc(NC(=O)c3ccc(-c4ncccc4Cl)cc3)cc2)CC1. The van der Waals surface area contributed by atoms with Crippen LogP contribution < -0.4 is 5.32 Å². The molecule has 0 atom stereocenters. The minimum atomic E-state index is -3.56. The predicted octanol–water partition coefficient (Wildman–Crippen LogP) is 4.37. The summed E-state index contributed by atoms with van der Waals surface area (Å²) in [4.78, 5) is 19.4. The summed E-state index contributed by atoms with van der Waals surface area (Å²) in [6.07, 6.45) is 2.72. The van der Waals surface area contributed by atoms with Crippen LogP contribution in [0.1, 0.15) is 23.7 Å². The molecular weight excluding hydrogens is 472 g/mol. The van der Waals surface area contributed by atoms with Crippen LogP contribution in [0.3, 0.4) is 0 Å². The normalized spacial score (nSPS) is 15.2. The number of pyridine rings is 1. The first-order chi connectivity index (χ1) is 16.4. The van der Waals surface area contributed by atoms with E-state index in [9.17, 15) is 13.2 Å². The van der Waals surface area contributed by atoms with Gasteiger partial charge in [-0.3, -0.25) is 9.78 Å². The highest BCUT2D eigenvalue weighted by Gasteiger charge is 2.28. The van der Waals surface area contributed by atoms with Gasteiger partial charge >= 0.3 is 0 Å². The average Bonchev–Trinajstić information content (AvgIpc) is 2.85. The van der Waals surface area contributed by atoms with Gasteiger partial charge in [-0.15, -0.1) is 0 Å². The molecule has 1 aromatic heterocycles. The minimum absolute atomic E-state index is 0.228. The molecule has 0 saturated carbocycles. The third-order valence-electron chi connectivity index (χ3n) is 5.80. The van der Waals surface area contributed by atoms with Crippen molar-refractivity contribution in [3.05, 3.63) is 77.4 Å². The van der Waals surface area contributed by atoms with Crippen LogP contribution in [0, 0.1) is 0 Å². The second-order valence-electron chi connectivity index (χ2n) is 8.14. The number of nitrogens with zero attached hydrogens (tertiary/aromatic N) is 3. The van der Waals surface area contributed by atoms with E-state index < -0.39 is 10.0 Å². The van der Waals surface area contributed by atoms with E-state index in [0.29, 0.717) is 35.1 Å². The number of nitrogens with one attached hydrogen (secondary N) is 1. The lowest BCUT2D eigenvalue weighted by Gasteiger charge is -2.33. The highest BCUT2D eigenvalue weighted by atomic mass is 35.5. The Bertz CT molecular complexity index is 1240. The Kier molecular flexibility index (Phi) is 7.63. The van der Waals surface area contributed by atoms with Crippen molar-refractivity contribution in [3.8, 4) is 11.3 Å². The van der Waals surface area contributed by atoms with E-state index >= 15 is 0 Å². The van der Waals surface area contributed by atoms with Gasteiger partial charge in [0.2, 0.25) is 10.0 Å². The number of benzene rings is 2. The topological polar surface area (TPSA) is 82.6 Å². The molecule has 34 heavy (non-hydrogen) atoms. The zero-order valence-electron chi connectivity index (χ0n) is 18.9. The first kappa shape index (κ1) is 24.3. The van der Waals surface area contributed by atoms with E-state index in [1.54, 1.807) is 54.7 Å². The Labute approximate surface area is 205 Å². The summed E-state index contributed by atoms with van der Waals surface area (Å²) in [5.74, 6) is -0.290. The molecule has 1 amide bonds. The number of hydrogen-bond acceptors (Lipinski definition) is 5. The van der Waals surface area contributed by atoms with Gasteiger partial charge in [-0.2, -0.15) is 4.31 Å². The summed E-state index contributed by atoms with van der Waals surface area (Å²) in [7, 11) is -3.56. The van der Waals surface area contributed by atoms with Gasteiger partial charge in [0.05, 0.1) is 15.6 Å². The highest BCUT2D eigenvalue weighted by molar-refractivity contribution is 7.89. The molecule has 1 aliphatic rings. The number of sulfonamides is 1. The van der Waals surface area contributed by atoms with Crippen LogP contribution in [-0.2, 0) is 10.0 Å². The smallest absolute Gasteiger partial charge is 0.255 e. The lowest BCUT2D eigenvalue weighted by atomic mass is 10.1. The van der Waals surface area contributed by atoms with Gasteiger partial charge in [0.1, 0.15) is 0 Å². The van der Waals surface area contributed by atoms with Crippen LogP contribution in [0.5, 0.6) is 0 Å². The van der Waals surface area contributed by atoms with Crippen LogP contribution in [0.25, 0.3) is 11.3 Å². The predicted molar refractivity (Wildman–Crippen MR) is 135 cm³/mol. The fourth-order valence-electron chi connectivity index (χ4n) is 3.95. The standard InChI is InChI=1S/C25H27ClN4O3S/c1-2-14-29-15-17-30(18-16-29)34(32,33)22-11-9-21(10-12-22)28-25(31)20-7-5-19(6-8-20)24-23(26)4-3-13-27-24/h3-13H,2,14-18H2,1H3,(H,28,31). The molecule has 0 aliphatic carbocycles. The van der Waals surface area contributed by atoms with E-state index in [4.69, 9.17) is 11.6 Å². The lowest BCUT2D eigenvalue weighted by molar-refractivity contribution is 0.102. The Morgan fingerprint density at radius 3 is 2.29 bits per heavy atom. The monoisotopic (exact) mass is 498 g/mol. The molecule has 3 aromatic rings. The fourth-order valence-corrected chi connectivity index (χ4v) is 5.60. The van der Waals surface area contributed by atoms with Crippen molar-refractivity contribution in [2.75, 3.05) is 38.0 Å². The highest BCUT2D eigenvalue weighted by Crippen LogP contribution is 2.26. The number of hydrogen-bond donors (Lipinski definition) is 1. The Balaban J connectivity index is 1.40. The number of anilines is 1. The third kappa shape index (κ3) is 5.47. The molecular formula is C25H27ClN4O3S. The van der Waals surface area contributed by atoms with Crippen molar-refractivity contribution >= 4 is 33.2 Å². The average molecular weight is 499 g/mol. The molecule has 0 spiro atoms. The zero-order valence-corrected chi connectivity index (χ0v) is 20.5. The van der Waals surface area contributed by atoms with Gasteiger partial charge in [-0.05, 0) is 61.5 Å². The molecule has 0 radical (unpaired) electrons. The van der Waals surface area contributed by atoms with E-state index in [0.717, 1.165) is 31.6 Å². The van der Waals surface area contributed by atoms with Crippen molar-refractivity contribution in [1.82, 2.24) is 14.2 Å². The van der Waals surface area contributed by atoms with Crippen molar-refractivity contribution in [1.29, 1.82) is 0 Å². The fraction of sp³-hybridized carbons (Fsp3) is 0.280. The molecule has 1 fully saturated rings. The molecule has 1 aliphatic heterocycles. The summed E-state index contributed by atoms with van der Waals surface area (Å²) in [5, 5.41) is 3.35. The van der Waals surface area contributed by atoms with Crippen molar-refractivity contribution in [2.24, 2.45) is 0 Å². The van der Waals surface area contributed by atoms with E-state index in [2.05, 4.69) is 22.1 Å². The molecule has 7 nitrogen and oxygen atoms in total. The molecule has 2 aromatic carbocycles. The number of piperazine rings is 1. The van der Waals surface area contributed by atoms with Crippen LogP contribution in [0.4, 0.5) is 5.69 Å². The Hall–Kier alpha value is -2.78. The van der Waals surface area contributed by atoms with Gasteiger partial charge in [0.25, 0.3) is 5.91 Å². The zero-order chi connectivity index (χ0) is 24.1. The molecule has 4 rings (SSSR count). The van der Waals surface area contributed by atoms with E-state index in [-0.39, 0.29) is 10.8 Å². The Morgan fingerprint density at radius 1 is 1.00 bits per heavy atom. The van der Waals surface area contributed by atoms with Gasteiger partial charge in [-0.25, -0.2) is 8.42 Å². The van der Waals surface area contributed by atoms with Crippen LogP contribution in [0.2, 0.25) is 5.02 Å². The van der Waals surface area contributed by atoms with E-state index in [1.165, 1.54) is 16.4 Å². The van der Waals surface area contributed by atoms with E-state index in [1.807, 2.05) is 0 Å². The number of aromatic nitrogens is 1. The Morgan fingerprint density at radius 2 is 1.68 bits per heavy atom. The van der Waals surface area contributed by atoms with Crippen molar-refractivity contribution < 1.29 is 13.2 Å². The lowest BCUT2D eigenvalue weighted by Crippen LogP contribution is -2.48. The molecule has 1 saturated heterocycles. The number of rotatable bonds is 7. The van der Waals surface area contributed by atoms with Crippen molar-refractivity contribution in [3.63, 3.8) is 0 Å². The quantitative estimate of drug-likeness (QED) is 0.523. The number of carbonyl (C=O) groups excluding carboxylic acids is 1. The molecule has 178 valence electrons. The molecule has 2 heterocycles. The van der Waals surface area contributed by atoms with Crippen molar-refractivity contribution in [2.45, 2.75) is 18.2 Å². The maximum atomic E-state index is 13.0. The summed E-state index contributed by atoms with van der Waals surface area (Å²) >= 11 is 6.19. The largest absolute Gasteiger partial charge is 0.322 e. The second-order valence-corrected chi connectivity index (χ2v) is 10.5. The van der Waals surface area contributed by atoms with Crippen LogP contribution in [-0.4, -0.2) is 61.2 Å². The van der Waals surface area contributed by atoms with Crippen LogP contribution >= 0.6 is 11.6 Å². The maximum Gasteiger partial charge on any atom is 0.255 e. The second kappa shape index (κ2) is 10.7. The molecule has 0 bridgehead atoms. The number of halogens is 1. The number of carbonyl (C=O) groups is 1. The summed E-state index contributed by atoms with van der Waals surface area (Å²) in [6.45, 7) is 5.57. The van der Waals surface area contributed by atoms with Gasteiger partial charge in [-0.1, -0.05) is 30.7 Å². The molecule has 1 N–H and O–H groups in total. The first-order valence-corrected chi connectivity index (χ1v) is 13.0. The first-order valence-electron chi connectivity index (χ1n) is 11.2. The van der Waals surface area contributed by atoms with Gasteiger partial charge < -0.3 is 10.2 Å². The number of amides is 1. The summed E-state index contributed by atoms with van der Waals surface area (Å²) in [6, 6.07) is 16.8. The van der Waals surface area contributed by atoms with Crippen LogP contribution in [0.15, 0.2) is 71.8 Å². The molecule has 0 unspecified atom stereocenters. The maximum absolute atomic E-state index is 13.0. The summed E-state index contributed by atoms with van der Waals surface area (Å²) < 4.78 is 27.5. The molecule has 9 heteroatoms. The summed E-state index contributed by atoms with van der Waals surface area (Å²) in [5.41, 5.74) is 2.46.